The van der Waals surface area contributed by atoms with E-state index in [-0.39, 0.29) is 0 Å². The van der Waals surface area contributed by atoms with Gasteiger partial charge in [0.1, 0.15) is 0 Å². The Morgan fingerprint density at radius 3 is 2.43 bits per heavy atom. The van der Waals surface area contributed by atoms with Crippen molar-refractivity contribution in [1.82, 2.24) is 5.32 Å². The molecule has 0 bridgehead atoms. The van der Waals surface area contributed by atoms with Crippen LogP contribution in [0.4, 0.5) is 0 Å². The van der Waals surface area contributed by atoms with Gasteiger partial charge in [-0.05, 0) is 54.2 Å². The minimum Gasteiger partial charge on any atom is -0.306 e. The normalized spacial score (nSPS) is 19.4. The predicted molar refractivity (Wildman–Crippen MR) is 87.2 cm³/mol. The second kappa shape index (κ2) is 5.65. The molecule has 2 aromatic carbocycles. The van der Waals surface area contributed by atoms with E-state index < -0.39 is 0 Å². The fourth-order valence-electron chi connectivity index (χ4n) is 3.25. The Morgan fingerprint density at radius 1 is 0.905 bits per heavy atom. The van der Waals surface area contributed by atoms with Crippen LogP contribution in [-0.4, -0.2) is 0 Å². The molecule has 1 heteroatoms. The van der Waals surface area contributed by atoms with Gasteiger partial charge in [-0.2, -0.15) is 0 Å². The third kappa shape index (κ3) is 3.19. The number of rotatable bonds is 6. The quantitative estimate of drug-likeness (QED) is 0.799. The van der Waals surface area contributed by atoms with E-state index in [0.29, 0.717) is 6.04 Å². The molecule has 2 aromatic rings. The van der Waals surface area contributed by atoms with Crippen LogP contribution in [0.5, 0.6) is 0 Å². The number of nitrogens with one attached hydrogen (secondary N) is 1. The fourth-order valence-corrected chi connectivity index (χ4v) is 3.25. The van der Waals surface area contributed by atoms with E-state index >= 15 is 0 Å². The first-order chi connectivity index (χ1) is 10.4. The van der Waals surface area contributed by atoms with Gasteiger partial charge in [0.2, 0.25) is 0 Å². The SMILES string of the molecule is c1ccc(C(NCc2cccc(C3CC3)c2)C2CC2)cc1. The van der Waals surface area contributed by atoms with Crippen LogP contribution in [0.1, 0.15) is 54.3 Å². The molecule has 2 fully saturated rings. The molecule has 0 saturated heterocycles. The van der Waals surface area contributed by atoms with Gasteiger partial charge in [-0.3, -0.25) is 0 Å². The van der Waals surface area contributed by atoms with Crippen LogP contribution in [0.25, 0.3) is 0 Å². The summed E-state index contributed by atoms with van der Waals surface area (Å²) in [4.78, 5) is 0. The fraction of sp³-hybridized carbons (Fsp3) is 0.400. The molecule has 0 spiro atoms. The zero-order valence-corrected chi connectivity index (χ0v) is 12.5. The number of benzene rings is 2. The van der Waals surface area contributed by atoms with Crippen molar-refractivity contribution >= 4 is 0 Å². The van der Waals surface area contributed by atoms with Gasteiger partial charge in [0.05, 0.1) is 0 Å². The first-order valence-corrected chi connectivity index (χ1v) is 8.27. The zero-order valence-electron chi connectivity index (χ0n) is 12.5. The lowest BCUT2D eigenvalue weighted by Gasteiger charge is -2.19. The summed E-state index contributed by atoms with van der Waals surface area (Å²) in [6, 6.07) is 20.6. The molecular formula is C20H23N. The van der Waals surface area contributed by atoms with Crippen LogP contribution in [0.2, 0.25) is 0 Å². The van der Waals surface area contributed by atoms with Gasteiger partial charge in [-0.1, -0.05) is 54.6 Å². The average Bonchev–Trinajstić information content (AvgIpc) is 3.40. The van der Waals surface area contributed by atoms with Crippen molar-refractivity contribution < 1.29 is 0 Å². The minimum absolute atomic E-state index is 0.524. The summed E-state index contributed by atoms with van der Waals surface area (Å²) in [7, 11) is 0. The molecule has 0 heterocycles. The summed E-state index contributed by atoms with van der Waals surface area (Å²) >= 11 is 0. The topological polar surface area (TPSA) is 12.0 Å². The second-order valence-corrected chi connectivity index (χ2v) is 6.63. The van der Waals surface area contributed by atoms with Crippen LogP contribution in [0.3, 0.4) is 0 Å². The van der Waals surface area contributed by atoms with Gasteiger partial charge in [-0.15, -0.1) is 0 Å². The monoisotopic (exact) mass is 277 g/mol. The highest BCUT2D eigenvalue weighted by molar-refractivity contribution is 5.29. The van der Waals surface area contributed by atoms with Crippen molar-refractivity contribution in [3.8, 4) is 0 Å². The highest BCUT2D eigenvalue weighted by Crippen LogP contribution is 2.42. The van der Waals surface area contributed by atoms with E-state index in [9.17, 15) is 0 Å². The van der Waals surface area contributed by atoms with Gasteiger partial charge in [0.15, 0.2) is 0 Å². The van der Waals surface area contributed by atoms with Gasteiger partial charge >= 0.3 is 0 Å². The van der Waals surface area contributed by atoms with E-state index in [4.69, 9.17) is 0 Å². The summed E-state index contributed by atoms with van der Waals surface area (Å²) in [6.07, 6.45) is 5.50. The Morgan fingerprint density at radius 2 is 1.71 bits per heavy atom. The van der Waals surface area contributed by atoms with E-state index in [0.717, 1.165) is 18.4 Å². The predicted octanol–water partition coefficient (Wildman–Crippen LogP) is 4.80. The zero-order chi connectivity index (χ0) is 14.1. The molecule has 2 saturated carbocycles. The van der Waals surface area contributed by atoms with E-state index in [1.54, 1.807) is 0 Å². The van der Waals surface area contributed by atoms with Crippen LogP contribution < -0.4 is 5.32 Å². The number of hydrogen-bond donors (Lipinski definition) is 1. The molecule has 1 atom stereocenters. The van der Waals surface area contributed by atoms with Crippen LogP contribution in [0, 0.1) is 5.92 Å². The highest BCUT2D eigenvalue weighted by Gasteiger charge is 2.31. The molecule has 1 nitrogen and oxygen atoms in total. The summed E-state index contributed by atoms with van der Waals surface area (Å²) in [5.74, 6) is 1.68. The molecular weight excluding hydrogens is 254 g/mol. The lowest BCUT2D eigenvalue weighted by atomic mass is 10.0. The van der Waals surface area contributed by atoms with Gasteiger partial charge in [0, 0.05) is 12.6 Å². The third-order valence-corrected chi connectivity index (χ3v) is 4.78. The summed E-state index contributed by atoms with van der Waals surface area (Å²) < 4.78 is 0. The van der Waals surface area contributed by atoms with E-state index in [2.05, 4.69) is 59.9 Å². The standard InChI is InChI=1S/C20H23N/c1-2-6-17(7-3-1)20(18-11-12-18)21-14-15-5-4-8-19(13-15)16-9-10-16/h1-8,13,16,18,20-21H,9-12,14H2. The van der Waals surface area contributed by atoms with Crippen molar-refractivity contribution in [3.63, 3.8) is 0 Å². The van der Waals surface area contributed by atoms with Gasteiger partial charge in [0.25, 0.3) is 0 Å². The molecule has 0 radical (unpaired) electrons. The number of hydrogen-bond acceptors (Lipinski definition) is 1. The average molecular weight is 277 g/mol. The van der Waals surface area contributed by atoms with Crippen molar-refractivity contribution in [2.24, 2.45) is 5.92 Å². The molecule has 108 valence electrons. The summed E-state index contributed by atoms with van der Waals surface area (Å²) in [5, 5.41) is 3.80. The van der Waals surface area contributed by atoms with E-state index in [1.165, 1.54) is 42.4 Å². The minimum atomic E-state index is 0.524. The van der Waals surface area contributed by atoms with Crippen molar-refractivity contribution in [2.45, 2.75) is 44.2 Å². The molecule has 1 unspecified atom stereocenters. The van der Waals surface area contributed by atoms with Crippen molar-refractivity contribution in [2.75, 3.05) is 0 Å². The van der Waals surface area contributed by atoms with Crippen LogP contribution in [-0.2, 0) is 6.54 Å². The van der Waals surface area contributed by atoms with Crippen LogP contribution in [0.15, 0.2) is 54.6 Å². The highest BCUT2D eigenvalue weighted by atomic mass is 14.9. The second-order valence-electron chi connectivity index (χ2n) is 6.63. The molecule has 4 rings (SSSR count). The van der Waals surface area contributed by atoms with Crippen molar-refractivity contribution in [1.29, 1.82) is 0 Å². The largest absolute Gasteiger partial charge is 0.306 e. The molecule has 0 aromatic heterocycles. The molecule has 1 N–H and O–H groups in total. The third-order valence-electron chi connectivity index (χ3n) is 4.78. The first-order valence-electron chi connectivity index (χ1n) is 8.27. The molecule has 2 aliphatic rings. The van der Waals surface area contributed by atoms with Crippen molar-refractivity contribution in [3.05, 3.63) is 71.3 Å². The lowest BCUT2D eigenvalue weighted by Crippen LogP contribution is -2.22. The maximum atomic E-state index is 3.80. The lowest BCUT2D eigenvalue weighted by molar-refractivity contribution is 0.480. The molecule has 21 heavy (non-hydrogen) atoms. The van der Waals surface area contributed by atoms with Gasteiger partial charge in [-0.25, -0.2) is 0 Å². The Balaban J connectivity index is 1.45. The maximum Gasteiger partial charge on any atom is 0.0351 e. The Hall–Kier alpha value is -1.60. The first kappa shape index (κ1) is 13.1. The maximum absolute atomic E-state index is 3.80. The summed E-state index contributed by atoms with van der Waals surface area (Å²) in [5.41, 5.74) is 4.41. The molecule has 2 aliphatic carbocycles. The Kier molecular flexibility index (Phi) is 3.52. The van der Waals surface area contributed by atoms with E-state index in [1.807, 2.05) is 0 Å². The Bertz CT molecular complexity index is 596. The molecule has 0 aliphatic heterocycles. The Labute approximate surface area is 127 Å². The summed E-state index contributed by atoms with van der Waals surface area (Å²) in [6.45, 7) is 0.983. The van der Waals surface area contributed by atoms with Crippen LogP contribution >= 0.6 is 0 Å². The van der Waals surface area contributed by atoms with Gasteiger partial charge < -0.3 is 5.32 Å². The molecule has 0 amide bonds. The smallest absolute Gasteiger partial charge is 0.0351 e.